The fraction of sp³-hybridized carbons (Fsp3) is 0.733. The summed E-state index contributed by atoms with van der Waals surface area (Å²) in [6, 6.07) is 2.17. The summed E-state index contributed by atoms with van der Waals surface area (Å²) in [7, 11) is 0. The van der Waals surface area contributed by atoms with Gasteiger partial charge in [-0.25, -0.2) is 0 Å². The van der Waals surface area contributed by atoms with Crippen molar-refractivity contribution in [1.82, 2.24) is 9.78 Å². The van der Waals surface area contributed by atoms with Gasteiger partial charge in [0.1, 0.15) is 5.78 Å². The molecule has 0 saturated carbocycles. The van der Waals surface area contributed by atoms with Crippen LogP contribution in [0.2, 0.25) is 0 Å². The molecule has 3 heteroatoms. The Balaban J connectivity index is 2.53. The van der Waals surface area contributed by atoms with Crippen LogP contribution < -0.4 is 0 Å². The summed E-state index contributed by atoms with van der Waals surface area (Å²) < 4.78 is 2.06. The van der Waals surface area contributed by atoms with Gasteiger partial charge in [0.2, 0.25) is 0 Å². The summed E-state index contributed by atoms with van der Waals surface area (Å²) in [5.41, 5.74) is 2.20. The van der Waals surface area contributed by atoms with Gasteiger partial charge in [0.15, 0.2) is 0 Å². The first-order valence-corrected chi connectivity index (χ1v) is 6.97. The van der Waals surface area contributed by atoms with Gasteiger partial charge in [-0.1, -0.05) is 27.7 Å². The van der Waals surface area contributed by atoms with Crippen LogP contribution in [0.1, 0.15) is 58.8 Å². The average Bonchev–Trinajstić information content (AvgIpc) is 2.70. The highest BCUT2D eigenvalue weighted by molar-refractivity contribution is 5.83. The number of ketones is 1. The van der Waals surface area contributed by atoms with Crippen LogP contribution in [0.4, 0.5) is 0 Å². The Labute approximate surface area is 111 Å². The van der Waals surface area contributed by atoms with Crippen LogP contribution >= 0.6 is 0 Å². The first-order valence-electron chi connectivity index (χ1n) is 6.97. The van der Waals surface area contributed by atoms with Crippen LogP contribution in [-0.2, 0) is 24.2 Å². The standard InChI is InChI=1S/C15H26N2O/c1-6-12-11-13(17(7-2)16-12)9-8-10-14(18)15(3,4)5/h11H,6-10H2,1-5H3. The quantitative estimate of drug-likeness (QED) is 0.775. The molecule has 3 nitrogen and oxygen atoms in total. The van der Waals surface area contributed by atoms with E-state index in [0.29, 0.717) is 12.2 Å². The van der Waals surface area contributed by atoms with Crippen LogP contribution in [0.15, 0.2) is 6.07 Å². The van der Waals surface area contributed by atoms with Crippen molar-refractivity contribution in [3.63, 3.8) is 0 Å². The third-order valence-corrected chi connectivity index (χ3v) is 3.25. The van der Waals surface area contributed by atoms with Crippen molar-refractivity contribution in [3.8, 4) is 0 Å². The van der Waals surface area contributed by atoms with Crippen molar-refractivity contribution in [1.29, 1.82) is 0 Å². The maximum Gasteiger partial charge on any atom is 0.138 e. The van der Waals surface area contributed by atoms with Crippen molar-refractivity contribution >= 4 is 5.78 Å². The minimum atomic E-state index is -0.209. The van der Waals surface area contributed by atoms with Crippen molar-refractivity contribution in [2.45, 2.75) is 66.8 Å². The predicted octanol–water partition coefficient (Wildman–Crippen LogP) is 3.40. The second kappa shape index (κ2) is 6.17. The van der Waals surface area contributed by atoms with Gasteiger partial charge >= 0.3 is 0 Å². The van der Waals surface area contributed by atoms with E-state index < -0.39 is 0 Å². The lowest BCUT2D eigenvalue weighted by molar-refractivity contribution is -0.126. The lowest BCUT2D eigenvalue weighted by Gasteiger charge is -2.16. The maximum atomic E-state index is 11.8. The number of carbonyl (C=O) groups excluding carboxylic acids is 1. The molecule has 0 unspecified atom stereocenters. The number of aromatic nitrogens is 2. The zero-order valence-corrected chi connectivity index (χ0v) is 12.4. The minimum absolute atomic E-state index is 0.209. The third-order valence-electron chi connectivity index (χ3n) is 3.25. The Kier molecular flexibility index (Phi) is 5.12. The van der Waals surface area contributed by atoms with E-state index in [9.17, 15) is 4.79 Å². The van der Waals surface area contributed by atoms with Gasteiger partial charge in [-0.15, -0.1) is 0 Å². The minimum Gasteiger partial charge on any atom is -0.299 e. The Morgan fingerprint density at radius 2 is 2.00 bits per heavy atom. The smallest absolute Gasteiger partial charge is 0.138 e. The van der Waals surface area contributed by atoms with Crippen molar-refractivity contribution in [2.75, 3.05) is 0 Å². The summed E-state index contributed by atoms with van der Waals surface area (Å²) >= 11 is 0. The first kappa shape index (κ1) is 14.9. The van der Waals surface area contributed by atoms with E-state index in [1.54, 1.807) is 0 Å². The fourth-order valence-corrected chi connectivity index (χ4v) is 1.97. The summed E-state index contributed by atoms with van der Waals surface area (Å²) in [6.45, 7) is 11.1. The Morgan fingerprint density at radius 1 is 1.33 bits per heavy atom. The van der Waals surface area contributed by atoms with Crippen LogP contribution in [-0.4, -0.2) is 15.6 Å². The molecule has 0 saturated heterocycles. The van der Waals surface area contributed by atoms with Gasteiger partial charge in [0.25, 0.3) is 0 Å². The molecule has 18 heavy (non-hydrogen) atoms. The second-order valence-corrected chi connectivity index (χ2v) is 5.82. The molecule has 1 aromatic rings. The molecule has 0 bridgehead atoms. The van der Waals surface area contributed by atoms with E-state index in [-0.39, 0.29) is 5.41 Å². The monoisotopic (exact) mass is 250 g/mol. The predicted molar refractivity (Wildman–Crippen MR) is 74.7 cm³/mol. The first-order chi connectivity index (χ1) is 8.38. The molecular formula is C15H26N2O. The number of aryl methyl sites for hydroxylation is 3. The van der Waals surface area contributed by atoms with Gasteiger partial charge in [0, 0.05) is 24.1 Å². The summed E-state index contributed by atoms with van der Waals surface area (Å²) in [6.07, 6.45) is 3.51. The highest BCUT2D eigenvalue weighted by Crippen LogP contribution is 2.19. The molecule has 0 radical (unpaired) electrons. The zero-order chi connectivity index (χ0) is 13.8. The van der Waals surface area contributed by atoms with Crippen molar-refractivity contribution in [3.05, 3.63) is 17.5 Å². The SMILES string of the molecule is CCc1cc(CCCC(=O)C(C)(C)C)n(CC)n1. The largest absolute Gasteiger partial charge is 0.299 e. The Hall–Kier alpha value is -1.12. The number of hydrogen-bond acceptors (Lipinski definition) is 2. The van der Waals surface area contributed by atoms with Gasteiger partial charge in [0.05, 0.1) is 5.69 Å². The molecule has 0 N–H and O–H groups in total. The lowest BCUT2D eigenvalue weighted by atomic mass is 9.88. The van der Waals surface area contributed by atoms with E-state index in [0.717, 1.165) is 31.5 Å². The Morgan fingerprint density at radius 3 is 2.50 bits per heavy atom. The molecule has 102 valence electrons. The molecule has 1 aromatic heterocycles. The molecule has 0 fully saturated rings. The van der Waals surface area contributed by atoms with E-state index in [4.69, 9.17) is 0 Å². The van der Waals surface area contributed by atoms with Crippen LogP contribution in [0.25, 0.3) is 0 Å². The van der Waals surface area contributed by atoms with Crippen molar-refractivity contribution < 1.29 is 4.79 Å². The molecule has 0 amide bonds. The molecule has 1 heterocycles. The number of carbonyl (C=O) groups is 1. The highest BCUT2D eigenvalue weighted by atomic mass is 16.1. The van der Waals surface area contributed by atoms with E-state index in [2.05, 4.69) is 29.7 Å². The van der Waals surface area contributed by atoms with E-state index in [1.807, 2.05) is 20.8 Å². The van der Waals surface area contributed by atoms with Gasteiger partial charge in [-0.2, -0.15) is 5.10 Å². The summed E-state index contributed by atoms with van der Waals surface area (Å²) in [4.78, 5) is 11.8. The van der Waals surface area contributed by atoms with Gasteiger partial charge < -0.3 is 0 Å². The molecular weight excluding hydrogens is 224 g/mol. The molecule has 0 aliphatic carbocycles. The average molecular weight is 250 g/mol. The molecule has 0 atom stereocenters. The number of nitrogens with zero attached hydrogens (tertiary/aromatic N) is 2. The highest BCUT2D eigenvalue weighted by Gasteiger charge is 2.20. The zero-order valence-electron chi connectivity index (χ0n) is 12.4. The topological polar surface area (TPSA) is 34.9 Å². The van der Waals surface area contributed by atoms with Crippen LogP contribution in [0, 0.1) is 5.41 Å². The van der Waals surface area contributed by atoms with Crippen molar-refractivity contribution in [2.24, 2.45) is 5.41 Å². The molecule has 0 spiro atoms. The summed E-state index contributed by atoms with van der Waals surface area (Å²) in [5, 5.41) is 4.53. The van der Waals surface area contributed by atoms with Crippen LogP contribution in [0.5, 0.6) is 0 Å². The van der Waals surface area contributed by atoms with Gasteiger partial charge in [-0.3, -0.25) is 9.48 Å². The molecule has 1 rings (SSSR count). The maximum absolute atomic E-state index is 11.8. The van der Waals surface area contributed by atoms with Crippen LogP contribution in [0.3, 0.4) is 0 Å². The summed E-state index contributed by atoms with van der Waals surface area (Å²) in [5.74, 6) is 0.348. The van der Waals surface area contributed by atoms with E-state index >= 15 is 0 Å². The lowest BCUT2D eigenvalue weighted by Crippen LogP contribution is -2.20. The molecule has 0 aliphatic rings. The second-order valence-electron chi connectivity index (χ2n) is 5.82. The number of hydrogen-bond donors (Lipinski definition) is 0. The molecule has 0 aromatic carbocycles. The number of Topliss-reactive ketones (excluding diaryl/α,β-unsaturated/α-hetero) is 1. The van der Waals surface area contributed by atoms with E-state index in [1.165, 1.54) is 5.69 Å². The normalized spacial score (nSPS) is 11.8. The van der Waals surface area contributed by atoms with Gasteiger partial charge in [-0.05, 0) is 32.3 Å². The third kappa shape index (κ3) is 3.97. The Bertz CT molecular complexity index is 399. The fourth-order valence-electron chi connectivity index (χ4n) is 1.97. The molecule has 0 aliphatic heterocycles. The number of rotatable bonds is 6.